The Morgan fingerprint density at radius 2 is 2.10 bits per heavy atom. The maximum atomic E-state index is 12.1. The average Bonchev–Trinajstić information content (AvgIpc) is 2.65. The van der Waals surface area contributed by atoms with E-state index in [0.29, 0.717) is 18.9 Å². The van der Waals surface area contributed by atoms with Crippen LogP contribution in [-0.2, 0) is 9.47 Å². The summed E-state index contributed by atoms with van der Waals surface area (Å²) in [6, 6.07) is 0. The van der Waals surface area contributed by atoms with Crippen molar-refractivity contribution in [3.8, 4) is 0 Å². The molecule has 0 saturated carbocycles. The van der Waals surface area contributed by atoms with Crippen molar-refractivity contribution in [3.63, 3.8) is 0 Å². The molecule has 1 heterocycles. The average molecular weight is 297 g/mol. The topological polar surface area (TPSA) is 30.5 Å². The van der Waals surface area contributed by atoms with E-state index in [1.807, 2.05) is 6.92 Å². The van der Waals surface area contributed by atoms with Gasteiger partial charge in [-0.25, -0.2) is 0 Å². The Kier molecular flexibility index (Phi) is 6.75. The maximum Gasteiger partial charge on any atom is 0.411 e. The molecule has 0 aromatic carbocycles. The van der Waals surface area contributed by atoms with E-state index in [9.17, 15) is 13.2 Å². The molecule has 20 heavy (non-hydrogen) atoms. The van der Waals surface area contributed by atoms with E-state index in [2.05, 4.69) is 19.2 Å². The van der Waals surface area contributed by atoms with Crippen LogP contribution in [0.2, 0.25) is 0 Å². The third kappa shape index (κ3) is 5.97. The Morgan fingerprint density at radius 3 is 2.60 bits per heavy atom. The largest absolute Gasteiger partial charge is 0.411 e. The smallest absolute Gasteiger partial charge is 0.378 e. The van der Waals surface area contributed by atoms with Crippen molar-refractivity contribution in [1.82, 2.24) is 5.32 Å². The predicted molar refractivity (Wildman–Crippen MR) is 71.7 cm³/mol. The van der Waals surface area contributed by atoms with Gasteiger partial charge >= 0.3 is 6.18 Å². The molecule has 0 aromatic rings. The molecular weight excluding hydrogens is 271 g/mol. The lowest BCUT2D eigenvalue weighted by molar-refractivity contribution is -0.175. The number of rotatable bonds is 8. The van der Waals surface area contributed by atoms with Crippen molar-refractivity contribution < 1.29 is 22.6 Å². The minimum absolute atomic E-state index is 0.0525. The maximum absolute atomic E-state index is 12.1. The van der Waals surface area contributed by atoms with E-state index in [1.54, 1.807) is 0 Å². The molecule has 6 heteroatoms. The first-order valence-electron chi connectivity index (χ1n) is 7.22. The van der Waals surface area contributed by atoms with Crippen LogP contribution in [0.3, 0.4) is 0 Å². The van der Waals surface area contributed by atoms with Crippen molar-refractivity contribution in [3.05, 3.63) is 0 Å². The van der Waals surface area contributed by atoms with Crippen molar-refractivity contribution in [2.24, 2.45) is 11.3 Å². The molecule has 3 nitrogen and oxygen atoms in total. The van der Waals surface area contributed by atoms with E-state index in [1.165, 1.54) is 0 Å². The van der Waals surface area contributed by atoms with Gasteiger partial charge in [-0.3, -0.25) is 0 Å². The zero-order valence-corrected chi connectivity index (χ0v) is 12.6. The zero-order valence-electron chi connectivity index (χ0n) is 12.6. The van der Waals surface area contributed by atoms with E-state index in [-0.39, 0.29) is 18.1 Å². The molecule has 120 valence electrons. The molecule has 1 aliphatic rings. The number of alkyl halides is 3. The first-order chi connectivity index (χ1) is 9.25. The molecule has 0 aliphatic carbocycles. The minimum atomic E-state index is -4.25. The lowest BCUT2D eigenvalue weighted by atomic mass is 9.78. The molecule has 1 saturated heterocycles. The van der Waals surface area contributed by atoms with Crippen LogP contribution in [0.5, 0.6) is 0 Å². The number of ether oxygens (including phenoxy) is 2. The Morgan fingerprint density at radius 1 is 1.40 bits per heavy atom. The standard InChI is InChI=1S/C14H26F3NO2/c1-11(2)8-18-9-13(5-7-20-12(13)3)4-6-19-10-14(15,16)17/h11-12,18H,4-10H2,1-3H3. The fourth-order valence-corrected chi connectivity index (χ4v) is 2.54. The predicted octanol–water partition coefficient (Wildman–Crippen LogP) is 3.00. The first-order valence-corrected chi connectivity index (χ1v) is 7.22. The van der Waals surface area contributed by atoms with Crippen LogP contribution >= 0.6 is 0 Å². The minimum Gasteiger partial charge on any atom is -0.378 e. The molecule has 1 aliphatic heterocycles. The van der Waals surface area contributed by atoms with E-state index in [0.717, 1.165) is 19.5 Å². The fraction of sp³-hybridized carbons (Fsp3) is 1.00. The molecule has 0 aromatic heterocycles. The number of halogens is 3. The molecule has 1 rings (SSSR count). The number of nitrogens with one attached hydrogen (secondary N) is 1. The van der Waals surface area contributed by atoms with Gasteiger partial charge in [0.25, 0.3) is 0 Å². The zero-order chi connectivity index (χ0) is 15.2. The lowest BCUT2D eigenvalue weighted by Gasteiger charge is -2.33. The molecule has 0 bridgehead atoms. The highest BCUT2D eigenvalue weighted by molar-refractivity contribution is 4.91. The van der Waals surface area contributed by atoms with Crippen LogP contribution in [0.15, 0.2) is 0 Å². The highest BCUT2D eigenvalue weighted by Crippen LogP contribution is 2.37. The Balaban J connectivity index is 2.40. The third-order valence-corrected chi connectivity index (χ3v) is 3.87. The quantitative estimate of drug-likeness (QED) is 0.699. The van der Waals surface area contributed by atoms with Gasteiger partial charge in [-0.1, -0.05) is 13.8 Å². The van der Waals surface area contributed by atoms with Crippen molar-refractivity contribution in [1.29, 1.82) is 0 Å². The summed E-state index contributed by atoms with van der Waals surface area (Å²) in [6.07, 6.45) is -2.73. The summed E-state index contributed by atoms with van der Waals surface area (Å²) in [5.41, 5.74) is -0.111. The third-order valence-electron chi connectivity index (χ3n) is 3.87. The Hall–Kier alpha value is -0.330. The summed E-state index contributed by atoms with van der Waals surface area (Å²) < 4.78 is 46.5. The van der Waals surface area contributed by atoms with E-state index in [4.69, 9.17) is 9.47 Å². The summed E-state index contributed by atoms with van der Waals surface area (Å²) in [5, 5.41) is 3.40. The highest BCUT2D eigenvalue weighted by atomic mass is 19.4. The van der Waals surface area contributed by atoms with Gasteiger partial charge in [0, 0.05) is 25.2 Å². The number of hydrogen-bond acceptors (Lipinski definition) is 3. The molecule has 0 amide bonds. The van der Waals surface area contributed by atoms with E-state index >= 15 is 0 Å². The van der Waals surface area contributed by atoms with Gasteiger partial charge < -0.3 is 14.8 Å². The van der Waals surface area contributed by atoms with Gasteiger partial charge in [0.1, 0.15) is 6.61 Å². The van der Waals surface area contributed by atoms with Crippen LogP contribution in [-0.4, -0.2) is 45.2 Å². The lowest BCUT2D eigenvalue weighted by Crippen LogP contribution is -2.41. The summed E-state index contributed by atoms with van der Waals surface area (Å²) in [7, 11) is 0. The second-order valence-corrected chi connectivity index (χ2v) is 6.07. The highest BCUT2D eigenvalue weighted by Gasteiger charge is 2.41. The van der Waals surface area contributed by atoms with Gasteiger partial charge in [-0.15, -0.1) is 0 Å². The van der Waals surface area contributed by atoms with Crippen LogP contribution in [0.4, 0.5) is 13.2 Å². The van der Waals surface area contributed by atoms with Gasteiger partial charge in [0.15, 0.2) is 0 Å². The molecule has 1 fully saturated rings. The number of hydrogen-bond donors (Lipinski definition) is 1. The van der Waals surface area contributed by atoms with Gasteiger partial charge in [-0.2, -0.15) is 13.2 Å². The van der Waals surface area contributed by atoms with Crippen LogP contribution in [0, 0.1) is 11.3 Å². The molecule has 2 unspecified atom stereocenters. The van der Waals surface area contributed by atoms with Crippen molar-refractivity contribution >= 4 is 0 Å². The fourth-order valence-electron chi connectivity index (χ4n) is 2.54. The van der Waals surface area contributed by atoms with Gasteiger partial charge in [0.05, 0.1) is 6.10 Å². The molecule has 1 N–H and O–H groups in total. The summed E-state index contributed by atoms with van der Waals surface area (Å²) >= 11 is 0. The molecular formula is C14H26F3NO2. The Labute approximate surface area is 119 Å². The molecule has 0 radical (unpaired) electrons. The second-order valence-electron chi connectivity index (χ2n) is 6.07. The van der Waals surface area contributed by atoms with E-state index < -0.39 is 12.8 Å². The normalized spacial score (nSPS) is 27.4. The van der Waals surface area contributed by atoms with Crippen LogP contribution < -0.4 is 5.32 Å². The van der Waals surface area contributed by atoms with Gasteiger partial charge in [-0.05, 0) is 32.2 Å². The van der Waals surface area contributed by atoms with Crippen LogP contribution in [0.1, 0.15) is 33.6 Å². The summed E-state index contributed by atoms with van der Waals surface area (Å²) in [6.45, 7) is 7.53. The first kappa shape index (κ1) is 17.7. The monoisotopic (exact) mass is 297 g/mol. The SMILES string of the molecule is CC(C)CNCC1(CCOCC(F)(F)F)CCOC1C. The Bertz CT molecular complexity index is 284. The molecule has 2 atom stereocenters. The van der Waals surface area contributed by atoms with Crippen molar-refractivity contribution in [2.75, 3.05) is 32.9 Å². The van der Waals surface area contributed by atoms with Gasteiger partial charge in [0.2, 0.25) is 0 Å². The molecule has 0 spiro atoms. The van der Waals surface area contributed by atoms with Crippen LogP contribution in [0.25, 0.3) is 0 Å². The second kappa shape index (κ2) is 7.61. The van der Waals surface area contributed by atoms with Crippen molar-refractivity contribution in [2.45, 2.75) is 45.9 Å². The summed E-state index contributed by atoms with van der Waals surface area (Å²) in [5.74, 6) is 0.547. The summed E-state index contributed by atoms with van der Waals surface area (Å²) in [4.78, 5) is 0.